The van der Waals surface area contributed by atoms with Gasteiger partial charge in [-0.05, 0) is 31.0 Å². The number of hydrogen-bond donors (Lipinski definition) is 2. The van der Waals surface area contributed by atoms with E-state index in [0.717, 1.165) is 18.4 Å². The molecule has 3 rings (SSSR count). The summed E-state index contributed by atoms with van der Waals surface area (Å²) < 4.78 is 33.1. The lowest BCUT2D eigenvalue weighted by Crippen LogP contribution is -2.18. The minimum absolute atomic E-state index is 0.0478. The summed E-state index contributed by atoms with van der Waals surface area (Å²) in [6.45, 7) is 3.71. The Morgan fingerprint density at radius 3 is 2.78 bits per heavy atom. The summed E-state index contributed by atoms with van der Waals surface area (Å²) >= 11 is 1.29. The molecule has 0 aliphatic heterocycles. The van der Waals surface area contributed by atoms with Crippen LogP contribution in [0.4, 0.5) is 26.0 Å². The summed E-state index contributed by atoms with van der Waals surface area (Å²) in [6, 6.07) is 3.28. The van der Waals surface area contributed by atoms with E-state index < -0.39 is 11.6 Å². The number of nitrogens with one attached hydrogen (secondary N) is 2. The predicted molar refractivity (Wildman–Crippen MR) is 106 cm³/mol. The van der Waals surface area contributed by atoms with Crippen molar-refractivity contribution in [1.29, 1.82) is 0 Å². The molecule has 142 valence electrons. The topological polar surface area (TPSA) is 71.8 Å². The van der Waals surface area contributed by atoms with Gasteiger partial charge in [-0.1, -0.05) is 18.9 Å². The van der Waals surface area contributed by atoms with Crippen LogP contribution in [0.5, 0.6) is 0 Å². The van der Waals surface area contributed by atoms with Crippen LogP contribution in [0.1, 0.15) is 18.9 Å². The largest absolute Gasteiger partial charge is 0.350 e. The summed E-state index contributed by atoms with van der Waals surface area (Å²) in [6.07, 6.45) is 3.30. The van der Waals surface area contributed by atoms with Gasteiger partial charge in [-0.2, -0.15) is 0 Å². The smallest absolute Gasteiger partial charge is 0.261 e. The molecular weight excluding hydrogens is 372 g/mol. The molecule has 2 N–H and O–H groups in total. The molecule has 0 bridgehead atoms. The normalized spacial score (nSPS) is 11.0. The van der Waals surface area contributed by atoms with Gasteiger partial charge < -0.3 is 14.6 Å². The van der Waals surface area contributed by atoms with Gasteiger partial charge in [-0.15, -0.1) is 0 Å². The fraction of sp³-hybridized carbons (Fsp3) is 0.278. The van der Waals surface area contributed by atoms with Crippen molar-refractivity contribution in [2.24, 2.45) is 7.05 Å². The van der Waals surface area contributed by atoms with Crippen LogP contribution in [-0.4, -0.2) is 20.3 Å². The first kappa shape index (κ1) is 19.1. The van der Waals surface area contributed by atoms with Crippen molar-refractivity contribution in [3.8, 4) is 0 Å². The number of hydrogen-bond acceptors (Lipinski definition) is 6. The Bertz CT molecular complexity index is 1050. The van der Waals surface area contributed by atoms with Crippen molar-refractivity contribution in [3.05, 3.63) is 52.2 Å². The van der Waals surface area contributed by atoms with Gasteiger partial charge in [0.1, 0.15) is 5.69 Å². The zero-order valence-corrected chi connectivity index (χ0v) is 16.0. The number of anilines is 3. The van der Waals surface area contributed by atoms with Gasteiger partial charge >= 0.3 is 0 Å². The third kappa shape index (κ3) is 3.73. The Morgan fingerprint density at radius 1 is 1.26 bits per heavy atom. The molecule has 27 heavy (non-hydrogen) atoms. The monoisotopic (exact) mass is 391 g/mol. The predicted octanol–water partition coefficient (Wildman–Crippen LogP) is 4.13. The van der Waals surface area contributed by atoms with Crippen molar-refractivity contribution in [2.75, 3.05) is 15.8 Å². The van der Waals surface area contributed by atoms with Crippen LogP contribution in [0.15, 0.2) is 29.5 Å². The van der Waals surface area contributed by atoms with E-state index in [-0.39, 0.29) is 17.1 Å². The van der Waals surface area contributed by atoms with Gasteiger partial charge in [0.05, 0.1) is 23.4 Å². The van der Waals surface area contributed by atoms with Crippen LogP contribution in [0.25, 0.3) is 10.9 Å². The molecule has 0 aliphatic rings. The molecule has 6 nitrogen and oxygen atoms in total. The van der Waals surface area contributed by atoms with E-state index in [1.165, 1.54) is 22.8 Å². The highest BCUT2D eigenvalue weighted by Crippen LogP contribution is 2.31. The Balaban J connectivity index is 2.02. The van der Waals surface area contributed by atoms with E-state index in [4.69, 9.17) is 0 Å². The van der Waals surface area contributed by atoms with Crippen molar-refractivity contribution in [2.45, 2.75) is 20.3 Å². The molecule has 0 amide bonds. The third-order valence-corrected chi connectivity index (χ3v) is 5.01. The summed E-state index contributed by atoms with van der Waals surface area (Å²) in [5, 5.41) is 3.16. The highest BCUT2D eigenvalue weighted by Gasteiger charge is 2.17. The molecule has 9 heteroatoms. The maximum atomic E-state index is 14.7. The number of rotatable bonds is 6. The average Bonchev–Trinajstić information content (AvgIpc) is 2.65. The van der Waals surface area contributed by atoms with Crippen LogP contribution in [0.3, 0.4) is 0 Å². The zero-order chi connectivity index (χ0) is 19.6. The standard InChI is InChI=1S/C18H19F2N5OS/c1-4-7-27-24-17-15(20)16(11(19)8-21-17)23-12-5-6-13-14(10(12)2)18(26)25(3)9-22-13/h5-6,8-9H,4,7H2,1-3H3,(H2,21,23,24). The van der Waals surface area contributed by atoms with Crippen LogP contribution in [0, 0.1) is 18.6 Å². The second kappa shape index (κ2) is 7.91. The summed E-state index contributed by atoms with van der Waals surface area (Å²) in [4.78, 5) is 20.4. The fourth-order valence-corrected chi connectivity index (χ4v) is 3.18. The maximum absolute atomic E-state index is 14.7. The number of halogens is 2. The first-order valence-corrected chi connectivity index (χ1v) is 9.36. The van der Waals surface area contributed by atoms with Gasteiger partial charge in [0.15, 0.2) is 17.5 Å². The molecule has 2 heterocycles. The van der Waals surface area contributed by atoms with Gasteiger partial charge in [0, 0.05) is 18.5 Å². The summed E-state index contributed by atoms with van der Waals surface area (Å²) in [5.41, 5.74) is 0.952. The van der Waals surface area contributed by atoms with Gasteiger partial charge in [-0.25, -0.2) is 18.7 Å². The number of pyridine rings is 1. The lowest BCUT2D eigenvalue weighted by molar-refractivity contribution is 0.584. The minimum atomic E-state index is -0.822. The molecular formula is C18H19F2N5OS. The minimum Gasteiger partial charge on any atom is -0.350 e. The first-order valence-electron chi connectivity index (χ1n) is 8.37. The molecule has 0 saturated heterocycles. The van der Waals surface area contributed by atoms with Gasteiger partial charge in [0.25, 0.3) is 5.56 Å². The van der Waals surface area contributed by atoms with E-state index in [1.807, 2.05) is 6.92 Å². The van der Waals surface area contributed by atoms with Crippen molar-refractivity contribution >= 4 is 40.0 Å². The first-order chi connectivity index (χ1) is 12.9. The lowest BCUT2D eigenvalue weighted by Gasteiger charge is -2.15. The van der Waals surface area contributed by atoms with E-state index in [9.17, 15) is 13.6 Å². The number of aromatic nitrogens is 3. The molecule has 0 fully saturated rings. The highest BCUT2D eigenvalue weighted by molar-refractivity contribution is 8.00. The van der Waals surface area contributed by atoms with E-state index in [2.05, 4.69) is 20.0 Å². The van der Waals surface area contributed by atoms with Crippen LogP contribution >= 0.6 is 11.9 Å². The second-order valence-electron chi connectivity index (χ2n) is 6.01. The molecule has 0 saturated carbocycles. The Morgan fingerprint density at radius 2 is 2.04 bits per heavy atom. The van der Waals surface area contributed by atoms with E-state index >= 15 is 0 Å². The molecule has 1 aromatic carbocycles. The molecule has 0 unspecified atom stereocenters. The molecule has 0 atom stereocenters. The highest BCUT2D eigenvalue weighted by atomic mass is 32.2. The molecule has 3 aromatic rings. The zero-order valence-electron chi connectivity index (χ0n) is 15.1. The van der Waals surface area contributed by atoms with Gasteiger partial charge in [-0.3, -0.25) is 4.79 Å². The summed E-state index contributed by atoms with van der Waals surface area (Å²) in [5.74, 6) is -0.927. The lowest BCUT2D eigenvalue weighted by atomic mass is 10.1. The van der Waals surface area contributed by atoms with Crippen molar-refractivity contribution in [1.82, 2.24) is 14.5 Å². The Kier molecular flexibility index (Phi) is 5.59. The number of aryl methyl sites for hydroxylation is 2. The van der Waals surface area contributed by atoms with Gasteiger partial charge in [0.2, 0.25) is 0 Å². The fourth-order valence-electron chi connectivity index (χ4n) is 2.60. The number of benzene rings is 1. The van der Waals surface area contributed by atoms with E-state index in [1.54, 1.807) is 26.1 Å². The molecule has 0 radical (unpaired) electrons. The second-order valence-corrected chi connectivity index (χ2v) is 6.91. The molecule has 0 spiro atoms. The molecule has 0 aliphatic carbocycles. The van der Waals surface area contributed by atoms with Crippen molar-refractivity contribution < 1.29 is 8.78 Å². The quantitative estimate of drug-likeness (QED) is 0.486. The Hall–Kier alpha value is -2.68. The number of nitrogens with zero attached hydrogens (tertiary/aromatic N) is 3. The average molecular weight is 391 g/mol. The van der Waals surface area contributed by atoms with Crippen LogP contribution in [-0.2, 0) is 7.05 Å². The molecule has 2 aromatic heterocycles. The van der Waals surface area contributed by atoms with E-state index in [0.29, 0.717) is 22.2 Å². The maximum Gasteiger partial charge on any atom is 0.261 e. The SMILES string of the molecule is CCCSNc1ncc(F)c(Nc2ccc3ncn(C)c(=O)c3c2C)c1F. The van der Waals surface area contributed by atoms with Crippen LogP contribution < -0.4 is 15.6 Å². The summed E-state index contributed by atoms with van der Waals surface area (Å²) in [7, 11) is 1.60. The third-order valence-electron chi connectivity index (χ3n) is 4.06. The number of fused-ring (bicyclic) bond motifs is 1. The van der Waals surface area contributed by atoms with Crippen molar-refractivity contribution in [3.63, 3.8) is 0 Å². The Labute approximate surface area is 159 Å². The van der Waals surface area contributed by atoms with Crippen LogP contribution in [0.2, 0.25) is 0 Å².